The predicted molar refractivity (Wildman–Crippen MR) is 72.8 cm³/mol. The molecular formula is C12H7Cl2N3O2. The van der Waals surface area contributed by atoms with E-state index >= 15 is 0 Å². The molecule has 19 heavy (non-hydrogen) atoms. The van der Waals surface area contributed by atoms with Crippen LogP contribution < -0.4 is 10.5 Å². The first-order valence-corrected chi connectivity index (χ1v) is 6.04. The molecule has 0 unspecified atom stereocenters. The fraction of sp³-hybridized carbons (Fsp3) is 0. The van der Waals surface area contributed by atoms with Gasteiger partial charge in [0.2, 0.25) is 0 Å². The predicted octanol–water partition coefficient (Wildman–Crippen LogP) is 3.90. The van der Waals surface area contributed by atoms with E-state index in [-0.39, 0.29) is 0 Å². The third-order valence-corrected chi connectivity index (χ3v) is 3.05. The highest BCUT2D eigenvalue weighted by atomic mass is 35.5. The summed E-state index contributed by atoms with van der Waals surface area (Å²) in [6, 6.07) is 8.27. The Bertz CT molecular complexity index is 758. The Balaban J connectivity index is 2.06. The van der Waals surface area contributed by atoms with Crippen LogP contribution in [0.2, 0.25) is 10.0 Å². The molecule has 0 amide bonds. The van der Waals surface area contributed by atoms with Crippen LogP contribution in [0.5, 0.6) is 11.5 Å². The van der Waals surface area contributed by atoms with Crippen LogP contribution in [0.25, 0.3) is 11.0 Å². The monoisotopic (exact) mass is 295 g/mol. The van der Waals surface area contributed by atoms with Crippen LogP contribution in [0.3, 0.4) is 0 Å². The lowest BCUT2D eigenvalue weighted by atomic mass is 10.2. The third-order valence-electron chi connectivity index (χ3n) is 2.52. The number of rotatable bonds is 2. The molecule has 7 heteroatoms. The van der Waals surface area contributed by atoms with E-state index in [9.17, 15) is 0 Å². The highest BCUT2D eigenvalue weighted by molar-refractivity contribution is 6.35. The highest BCUT2D eigenvalue weighted by Gasteiger charge is 2.13. The molecule has 0 saturated carbocycles. The maximum atomic E-state index is 6.04. The SMILES string of the molecule is Nc1ccc(Oc2ccc(Cl)cc2Cl)c2nonc12. The van der Waals surface area contributed by atoms with Crippen molar-refractivity contribution in [2.45, 2.75) is 0 Å². The molecule has 0 aliphatic carbocycles. The largest absolute Gasteiger partial charge is 0.453 e. The minimum atomic E-state index is 0.397. The van der Waals surface area contributed by atoms with Crippen LogP contribution in [0, 0.1) is 0 Å². The number of fused-ring (bicyclic) bond motifs is 1. The van der Waals surface area contributed by atoms with Gasteiger partial charge in [-0.25, -0.2) is 4.63 Å². The first-order valence-electron chi connectivity index (χ1n) is 5.29. The van der Waals surface area contributed by atoms with Crippen molar-refractivity contribution < 1.29 is 9.37 Å². The summed E-state index contributed by atoms with van der Waals surface area (Å²) >= 11 is 11.9. The zero-order valence-electron chi connectivity index (χ0n) is 9.43. The number of halogens is 2. The van der Waals surface area contributed by atoms with Crippen molar-refractivity contribution in [1.29, 1.82) is 0 Å². The number of aromatic nitrogens is 2. The van der Waals surface area contributed by atoms with Gasteiger partial charge in [0, 0.05) is 5.02 Å². The molecule has 0 saturated heterocycles. The Morgan fingerprint density at radius 1 is 1.00 bits per heavy atom. The molecule has 1 aromatic heterocycles. The Hall–Kier alpha value is -1.98. The number of nitrogen functional groups attached to an aromatic ring is 1. The molecule has 0 bridgehead atoms. The van der Waals surface area contributed by atoms with Crippen molar-refractivity contribution in [3.05, 3.63) is 40.4 Å². The summed E-state index contributed by atoms with van der Waals surface area (Å²) in [6.45, 7) is 0. The van der Waals surface area contributed by atoms with Gasteiger partial charge < -0.3 is 10.5 Å². The standard InChI is InChI=1S/C12H7Cl2N3O2/c13-6-1-3-9(7(14)5-6)18-10-4-2-8(15)11-12(10)17-19-16-11/h1-5H,15H2. The smallest absolute Gasteiger partial charge is 0.179 e. The second kappa shape index (κ2) is 4.60. The summed E-state index contributed by atoms with van der Waals surface area (Å²) in [5.41, 5.74) is 7.10. The number of nitrogens with zero attached hydrogens (tertiary/aromatic N) is 2. The van der Waals surface area contributed by atoms with E-state index in [1.165, 1.54) is 0 Å². The maximum Gasteiger partial charge on any atom is 0.179 e. The van der Waals surface area contributed by atoms with Gasteiger partial charge in [-0.05, 0) is 40.6 Å². The van der Waals surface area contributed by atoms with Crippen LogP contribution in [0.15, 0.2) is 35.0 Å². The molecule has 96 valence electrons. The average Bonchev–Trinajstić information content (AvgIpc) is 2.86. The Kier molecular flexibility index (Phi) is 2.93. The summed E-state index contributed by atoms with van der Waals surface area (Å²) in [6.07, 6.45) is 0. The van der Waals surface area contributed by atoms with E-state index in [1.807, 2.05) is 0 Å². The number of hydrogen-bond donors (Lipinski definition) is 1. The molecule has 3 aromatic rings. The first-order chi connectivity index (χ1) is 9.15. The zero-order valence-corrected chi connectivity index (χ0v) is 10.9. The van der Waals surface area contributed by atoms with Gasteiger partial charge in [-0.3, -0.25) is 0 Å². The Morgan fingerprint density at radius 2 is 1.74 bits per heavy atom. The third kappa shape index (κ3) is 2.18. The van der Waals surface area contributed by atoms with E-state index in [0.29, 0.717) is 38.3 Å². The van der Waals surface area contributed by atoms with Crippen molar-refractivity contribution >= 4 is 39.9 Å². The molecule has 5 nitrogen and oxygen atoms in total. The fourth-order valence-corrected chi connectivity index (χ4v) is 2.07. The maximum absolute atomic E-state index is 6.04. The van der Waals surface area contributed by atoms with E-state index in [2.05, 4.69) is 14.9 Å². The molecule has 2 N–H and O–H groups in total. The molecular weight excluding hydrogens is 289 g/mol. The van der Waals surface area contributed by atoms with Gasteiger partial charge >= 0.3 is 0 Å². The highest BCUT2D eigenvalue weighted by Crippen LogP contribution is 2.35. The second-order valence-electron chi connectivity index (χ2n) is 3.79. The minimum absolute atomic E-state index is 0.397. The fourth-order valence-electron chi connectivity index (χ4n) is 1.62. The molecule has 0 spiro atoms. The van der Waals surface area contributed by atoms with Crippen LogP contribution in [-0.2, 0) is 0 Å². The number of nitrogens with two attached hydrogens (primary N) is 1. The summed E-state index contributed by atoms with van der Waals surface area (Å²) in [5, 5.41) is 8.40. The van der Waals surface area contributed by atoms with Crippen LogP contribution in [-0.4, -0.2) is 10.3 Å². The van der Waals surface area contributed by atoms with Gasteiger partial charge in [0.25, 0.3) is 0 Å². The molecule has 0 atom stereocenters. The van der Waals surface area contributed by atoms with E-state index in [0.717, 1.165) is 0 Å². The van der Waals surface area contributed by atoms with E-state index in [4.69, 9.17) is 33.7 Å². The Labute approximate surface area is 117 Å². The van der Waals surface area contributed by atoms with Crippen molar-refractivity contribution in [2.24, 2.45) is 0 Å². The van der Waals surface area contributed by atoms with Crippen molar-refractivity contribution in [1.82, 2.24) is 10.3 Å². The van der Waals surface area contributed by atoms with Gasteiger partial charge in [-0.1, -0.05) is 23.2 Å². The lowest BCUT2D eigenvalue weighted by Gasteiger charge is -2.08. The van der Waals surface area contributed by atoms with E-state index in [1.54, 1.807) is 30.3 Å². The molecule has 0 aliphatic rings. The molecule has 2 aromatic carbocycles. The second-order valence-corrected chi connectivity index (χ2v) is 4.63. The average molecular weight is 296 g/mol. The van der Waals surface area contributed by atoms with E-state index < -0.39 is 0 Å². The molecule has 0 fully saturated rings. The summed E-state index contributed by atoms with van der Waals surface area (Å²) < 4.78 is 10.3. The number of anilines is 1. The zero-order chi connectivity index (χ0) is 13.4. The number of ether oxygens (including phenoxy) is 1. The van der Waals surface area contributed by atoms with Crippen molar-refractivity contribution in [2.75, 3.05) is 5.73 Å². The number of hydrogen-bond acceptors (Lipinski definition) is 5. The molecule has 0 aliphatic heterocycles. The summed E-state index contributed by atoms with van der Waals surface area (Å²) in [7, 11) is 0. The van der Waals surface area contributed by atoms with Gasteiger partial charge in [-0.2, -0.15) is 0 Å². The van der Waals surface area contributed by atoms with Gasteiger partial charge in [0.05, 0.1) is 10.7 Å². The quantitative estimate of drug-likeness (QED) is 0.726. The molecule has 1 heterocycles. The van der Waals surface area contributed by atoms with Crippen LogP contribution in [0.1, 0.15) is 0 Å². The lowest BCUT2D eigenvalue weighted by Crippen LogP contribution is -1.90. The van der Waals surface area contributed by atoms with Gasteiger partial charge in [0.15, 0.2) is 16.8 Å². The molecule has 3 rings (SSSR count). The van der Waals surface area contributed by atoms with Gasteiger partial charge in [-0.15, -0.1) is 0 Å². The van der Waals surface area contributed by atoms with Crippen LogP contribution in [0.4, 0.5) is 5.69 Å². The Morgan fingerprint density at radius 3 is 2.53 bits per heavy atom. The molecule has 0 radical (unpaired) electrons. The number of benzene rings is 2. The minimum Gasteiger partial charge on any atom is -0.453 e. The topological polar surface area (TPSA) is 74.2 Å². The van der Waals surface area contributed by atoms with Gasteiger partial charge in [0.1, 0.15) is 5.75 Å². The first kappa shape index (κ1) is 12.1. The van der Waals surface area contributed by atoms with Crippen molar-refractivity contribution in [3.63, 3.8) is 0 Å². The normalized spacial score (nSPS) is 10.8. The summed E-state index contributed by atoms with van der Waals surface area (Å²) in [4.78, 5) is 0. The van der Waals surface area contributed by atoms with Crippen molar-refractivity contribution in [3.8, 4) is 11.5 Å². The lowest BCUT2D eigenvalue weighted by molar-refractivity contribution is 0.314. The van der Waals surface area contributed by atoms with Crippen LogP contribution >= 0.6 is 23.2 Å². The summed E-state index contributed by atoms with van der Waals surface area (Å²) in [5.74, 6) is 0.912.